The predicted octanol–water partition coefficient (Wildman–Crippen LogP) is 2.28. The number of nitrogens with one attached hydrogen (secondary N) is 1. The second kappa shape index (κ2) is 6.44. The summed E-state index contributed by atoms with van der Waals surface area (Å²) in [5.41, 5.74) is 7.91. The molecule has 1 aromatic carbocycles. The first-order valence-electron chi connectivity index (χ1n) is 6.95. The van der Waals surface area contributed by atoms with Crippen LogP contribution in [0, 0.1) is 17.2 Å². The van der Waals surface area contributed by atoms with Gasteiger partial charge in [-0.05, 0) is 44.0 Å². The van der Waals surface area contributed by atoms with Crippen LogP contribution in [-0.4, -0.2) is 31.1 Å². The lowest BCUT2D eigenvalue weighted by Gasteiger charge is -2.21. The Balaban J connectivity index is 1.86. The standard InChI is InChI=1S/C15H22N4/c1-12(11-19-7-2-3-8-19)10-18-14-6-4-5-13(9-16)15(14)17/h4-6,12,18H,2-3,7-8,10-11,17H2,1H3. The lowest BCUT2D eigenvalue weighted by molar-refractivity contribution is 0.294. The molecule has 1 unspecified atom stereocenters. The largest absolute Gasteiger partial charge is 0.396 e. The highest BCUT2D eigenvalue weighted by Gasteiger charge is 2.14. The summed E-state index contributed by atoms with van der Waals surface area (Å²) in [6.07, 6.45) is 2.66. The molecule has 0 aromatic heterocycles. The average molecular weight is 258 g/mol. The predicted molar refractivity (Wildman–Crippen MR) is 78.9 cm³/mol. The monoisotopic (exact) mass is 258 g/mol. The number of benzene rings is 1. The maximum atomic E-state index is 8.95. The van der Waals surface area contributed by atoms with Crippen molar-refractivity contribution in [3.05, 3.63) is 23.8 Å². The van der Waals surface area contributed by atoms with E-state index in [1.165, 1.54) is 25.9 Å². The van der Waals surface area contributed by atoms with E-state index in [9.17, 15) is 0 Å². The van der Waals surface area contributed by atoms with Crippen LogP contribution in [0.2, 0.25) is 0 Å². The molecule has 1 heterocycles. The van der Waals surface area contributed by atoms with Crippen LogP contribution in [0.4, 0.5) is 11.4 Å². The number of rotatable bonds is 5. The molecule has 1 aliphatic rings. The molecule has 4 nitrogen and oxygen atoms in total. The van der Waals surface area contributed by atoms with Gasteiger partial charge in [-0.3, -0.25) is 0 Å². The van der Waals surface area contributed by atoms with Crippen molar-refractivity contribution in [1.29, 1.82) is 5.26 Å². The molecule has 0 spiro atoms. The van der Waals surface area contributed by atoms with E-state index in [1.54, 1.807) is 6.07 Å². The molecule has 1 aliphatic heterocycles. The van der Waals surface area contributed by atoms with Crippen LogP contribution in [-0.2, 0) is 0 Å². The summed E-state index contributed by atoms with van der Waals surface area (Å²) in [5, 5.41) is 12.3. The zero-order valence-electron chi connectivity index (χ0n) is 11.5. The number of hydrogen-bond acceptors (Lipinski definition) is 4. The van der Waals surface area contributed by atoms with E-state index in [4.69, 9.17) is 11.0 Å². The number of nitrogen functional groups attached to an aromatic ring is 1. The normalized spacial score (nSPS) is 17.1. The topological polar surface area (TPSA) is 65.1 Å². The number of hydrogen-bond donors (Lipinski definition) is 2. The van der Waals surface area contributed by atoms with Gasteiger partial charge < -0.3 is 16.0 Å². The Hall–Kier alpha value is -1.73. The Labute approximate surface area is 115 Å². The van der Waals surface area contributed by atoms with Crippen LogP contribution in [0.3, 0.4) is 0 Å². The molecule has 3 N–H and O–H groups in total. The van der Waals surface area contributed by atoms with Crippen molar-refractivity contribution in [2.75, 3.05) is 37.2 Å². The van der Waals surface area contributed by atoms with Gasteiger partial charge in [-0.2, -0.15) is 5.26 Å². The van der Waals surface area contributed by atoms with Crippen molar-refractivity contribution < 1.29 is 0 Å². The van der Waals surface area contributed by atoms with Gasteiger partial charge in [0, 0.05) is 13.1 Å². The SMILES string of the molecule is CC(CNc1cccc(C#N)c1N)CN1CCCC1. The molecule has 2 rings (SSSR count). The van der Waals surface area contributed by atoms with E-state index in [-0.39, 0.29) is 0 Å². The Bertz CT molecular complexity index is 458. The highest BCUT2D eigenvalue weighted by atomic mass is 15.1. The molecule has 19 heavy (non-hydrogen) atoms. The molecule has 4 heteroatoms. The number of nitrogens with two attached hydrogens (primary N) is 1. The van der Waals surface area contributed by atoms with Gasteiger partial charge in [0.15, 0.2) is 0 Å². The zero-order valence-corrected chi connectivity index (χ0v) is 11.5. The maximum absolute atomic E-state index is 8.95. The number of likely N-dealkylation sites (tertiary alicyclic amines) is 1. The summed E-state index contributed by atoms with van der Waals surface area (Å²) in [6, 6.07) is 7.65. The van der Waals surface area contributed by atoms with Gasteiger partial charge in [0.05, 0.1) is 16.9 Å². The van der Waals surface area contributed by atoms with Crippen molar-refractivity contribution in [3.8, 4) is 6.07 Å². The molecular weight excluding hydrogens is 236 g/mol. The Morgan fingerprint density at radius 1 is 1.42 bits per heavy atom. The van der Waals surface area contributed by atoms with Crippen molar-refractivity contribution in [2.45, 2.75) is 19.8 Å². The van der Waals surface area contributed by atoms with E-state index in [2.05, 4.69) is 23.2 Å². The minimum Gasteiger partial charge on any atom is -0.396 e. The van der Waals surface area contributed by atoms with Gasteiger partial charge in [-0.25, -0.2) is 0 Å². The van der Waals surface area contributed by atoms with Crippen LogP contribution in [0.15, 0.2) is 18.2 Å². The first kappa shape index (κ1) is 13.7. The smallest absolute Gasteiger partial charge is 0.101 e. The minimum atomic E-state index is 0.539. The quantitative estimate of drug-likeness (QED) is 0.795. The van der Waals surface area contributed by atoms with Crippen molar-refractivity contribution in [1.82, 2.24) is 4.90 Å². The van der Waals surface area contributed by atoms with E-state index >= 15 is 0 Å². The molecule has 1 aromatic rings. The van der Waals surface area contributed by atoms with Crippen LogP contribution in [0.25, 0.3) is 0 Å². The summed E-state index contributed by atoms with van der Waals surface area (Å²) in [5.74, 6) is 0.572. The molecule has 0 bridgehead atoms. The zero-order chi connectivity index (χ0) is 13.7. The van der Waals surface area contributed by atoms with Gasteiger partial charge in [0.1, 0.15) is 6.07 Å². The number of anilines is 2. The van der Waals surface area contributed by atoms with Gasteiger partial charge in [0.2, 0.25) is 0 Å². The lowest BCUT2D eigenvalue weighted by atomic mass is 10.1. The molecule has 0 radical (unpaired) electrons. The van der Waals surface area contributed by atoms with Crippen molar-refractivity contribution in [3.63, 3.8) is 0 Å². The van der Waals surface area contributed by atoms with Gasteiger partial charge in [-0.15, -0.1) is 0 Å². The number of para-hydroxylation sites is 1. The molecule has 0 amide bonds. The third-order valence-corrected chi connectivity index (χ3v) is 3.64. The van der Waals surface area contributed by atoms with E-state index in [0.29, 0.717) is 17.2 Å². The first-order chi connectivity index (χ1) is 9.20. The highest BCUT2D eigenvalue weighted by molar-refractivity contribution is 5.72. The fourth-order valence-electron chi connectivity index (χ4n) is 2.57. The summed E-state index contributed by atoms with van der Waals surface area (Å²) < 4.78 is 0. The Morgan fingerprint density at radius 2 is 2.16 bits per heavy atom. The molecule has 1 fully saturated rings. The molecule has 0 saturated carbocycles. The molecule has 0 aliphatic carbocycles. The van der Waals surface area contributed by atoms with E-state index < -0.39 is 0 Å². The van der Waals surface area contributed by atoms with Crippen LogP contribution in [0.5, 0.6) is 0 Å². The van der Waals surface area contributed by atoms with Gasteiger partial charge in [-0.1, -0.05) is 13.0 Å². The average Bonchev–Trinajstić information content (AvgIpc) is 2.90. The third-order valence-electron chi connectivity index (χ3n) is 3.64. The molecular formula is C15H22N4. The fraction of sp³-hybridized carbons (Fsp3) is 0.533. The second-order valence-electron chi connectivity index (χ2n) is 5.37. The van der Waals surface area contributed by atoms with Crippen molar-refractivity contribution in [2.24, 2.45) is 5.92 Å². The van der Waals surface area contributed by atoms with E-state index in [1.807, 2.05) is 12.1 Å². The third kappa shape index (κ3) is 3.62. The van der Waals surface area contributed by atoms with Gasteiger partial charge >= 0.3 is 0 Å². The number of nitriles is 1. The molecule has 102 valence electrons. The Kier molecular flexibility index (Phi) is 4.64. The van der Waals surface area contributed by atoms with Crippen molar-refractivity contribution >= 4 is 11.4 Å². The lowest BCUT2D eigenvalue weighted by Crippen LogP contribution is -2.29. The molecule has 1 atom stereocenters. The summed E-state index contributed by atoms with van der Waals surface area (Å²) >= 11 is 0. The number of nitrogens with zero attached hydrogens (tertiary/aromatic N) is 2. The van der Waals surface area contributed by atoms with Gasteiger partial charge in [0.25, 0.3) is 0 Å². The maximum Gasteiger partial charge on any atom is 0.101 e. The van der Waals surface area contributed by atoms with Crippen LogP contribution in [0.1, 0.15) is 25.3 Å². The summed E-state index contributed by atoms with van der Waals surface area (Å²) in [6.45, 7) is 6.73. The summed E-state index contributed by atoms with van der Waals surface area (Å²) in [4.78, 5) is 2.52. The van der Waals surface area contributed by atoms with E-state index in [0.717, 1.165) is 18.8 Å². The Morgan fingerprint density at radius 3 is 2.84 bits per heavy atom. The summed E-state index contributed by atoms with van der Waals surface area (Å²) in [7, 11) is 0. The minimum absolute atomic E-state index is 0.539. The van der Waals surface area contributed by atoms with Crippen LogP contribution >= 0.6 is 0 Å². The van der Waals surface area contributed by atoms with Crippen LogP contribution < -0.4 is 11.1 Å². The molecule has 1 saturated heterocycles. The second-order valence-corrected chi connectivity index (χ2v) is 5.37. The highest BCUT2D eigenvalue weighted by Crippen LogP contribution is 2.22. The fourth-order valence-corrected chi connectivity index (χ4v) is 2.57. The first-order valence-corrected chi connectivity index (χ1v) is 6.95.